The highest BCUT2D eigenvalue weighted by Crippen LogP contribution is 2.25. The van der Waals surface area contributed by atoms with Crippen LogP contribution in [-0.4, -0.2) is 12.5 Å². The molecule has 1 aromatic carbocycles. The van der Waals surface area contributed by atoms with Crippen LogP contribution in [0.1, 0.15) is 38.7 Å². The smallest absolute Gasteiger partial charge is 0.227 e. The average Bonchev–Trinajstić information content (AvgIpc) is 2.37. The minimum atomic E-state index is -0.122. The maximum atomic E-state index is 12.3. The molecule has 0 aromatic heterocycles. The molecule has 1 amide bonds. The third kappa shape index (κ3) is 5.07. The van der Waals surface area contributed by atoms with Crippen molar-refractivity contribution in [3.63, 3.8) is 0 Å². The molecule has 0 heterocycles. The predicted octanol–water partition coefficient (Wildman–Crippen LogP) is 4.16. The molecule has 0 spiro atoms. The molecule has 0 fully saturated rings. The Morgan fingerprint density at radius 3 is 2.47 bits per heavy atom. The van der Waals surface area contributed by atoms with Crippen LogP contribution in [0.25, 0.3) is 0 Å². The first-order valence-corrected chi connectivity index (χ1v) is 7.08. The van der Waals surface area contributed by atoms with Crippen molar-refractivity contribution >= 4 is 17.5 Å². The Morgan fingerprint density at radius 2 is 1.95 bits per heavy atom. The second kappa shape index (κ2) is 8.00. The molecule has 0 bridgehead atoms. The van der Waals surface area contributed by atoms with Crippen molar-refractivity contribution in [1.29, 1.82) is 0 Å². The number of allylic oxidation sites excluding steroid dienone is 1. The van der Waals surface area contributed by atoms with Crippen molar-refractivity contribution in [3.8, 4) is 0 Å². The van der Waals surface area contributed by atoms with Gasteiger partial charge in [-0.3, -0.25) is 4.79 Å². The van der Waals surface area contributed by atoms with E-state index < -0.39 is 0 Å². The number of hydrogen-bond acceptors (Lipinski definition) is 1. The third-order valence-electron chi connectivity index (χ3n) is 3.02. The maximum absolute atomic E-state index is 12.3. The number of nitrogens with one attached hydrogen (secondary N) is 1. The van der Waals surface area contributed by atoms with Crippen molar-refractivity contribution in [2.45, 2.75) is 33.1 Å². The van der Waals surface area contributed by atoms with E-state index in [1.165, 1.54) is 0 Å². The Labute approximate surface area is 120 Å². The molecule has 1 rings (SSSR count). The van der Waals surface area contributed by atoms with Gasteiger partial charge < -0.3 is 5.32 Å². The first kappa shape index (κ1) is 15.8. The van der Waals surface area contributed by atoms with Crippen LogP contribution in [0.5, 0.6) is 0 Å². The van der Waals surface area contributed by atoms with Crippen molar-refractivity contribution in [2.24, 2.45) is 5.92 Å². The summed E-state index contributed by atoms with van der Waals surface area (Å²) in [5, 5.41) is 3.68. The van der Waals surface area contributed by atoms with Crippen LogP contribution in [0.3, 0.4) is 0 Å². The normalized spacial score (nSPS) is 12.9. The third-order valence-corrected chi connectivity index (χ3v) is 3.28. The minimum Gasteiger partial charge on any atom is -0.355 e. The second-order valence-electron chi connectivity index (χ2n) is 4.92. The summed E-state index contributed by atoms with van der Waals surface area (Å²) in [7, 11) is 0. The summed E-state index contributed by atoms with van der Waals surface area (Å²) in [6.45, 7) is 6.78. The van der Waals surface area contributed by atoms with E-state index in [1.54, 1.807) is 0 Å². The lowest BCUT2D eigenvalue weighted by molar-refractivity contribution is -0.123. The number of halogens is 1. The molecule has 2 nitrogen and oxygen atoms in total. The number of hydrogen-bond donors (Lipinski definition) is 1. The topological polar surface area (TPSA) is 29.1 Å². The molecule has 3 heteroatoms. The van der Waals surface area contributed by atoms with E-state index in [9.17, 15) is 4.79 Å². The number of carbonyl (C=O) groups is 1. The van der Waals surface area contributed by atoms with E-state index >= 15 is 0 Å². The number of benzene rings is 1. The Balaban J connectivity index is 2.71. The van der Waals surface area contributed by atoms with Gasteiger partial charge in [0.2, 0.25) is 5.91 Å². The molecular formula is C16H22ClNO. The van der Waals surface area contributed by atoms with Crippen molar-refractivity contribution in [2.75, 3.05) is 6.54 Å². The largest absolute Gasteiger partial charge is 0.355 e. The molecule has 0 radical (unpaired) electrons. The lowest BCUT2D eigenvalue weighted by Gasteiger charge is -2.20. The van der Waals surface area contributed by atoms with Crippen molar-refractivity contribution in [3.05, 3.63) is 47.0 Å². The van der Waals surface area contributed by atoms with Gasteiger partial charge in [-0.2, -0.15) is 0 Å². The van der Waals surface area contributed by atoms with Gasteiger partial charge in [0.25, 0.3) is 0 Å². The molecule has 0 aliphatic heterocycles. The minimum absolute atomic E-state index is 0.0850. The Bertz CT molecular complexity index is 423. The van der Waals surface area contributed by atoms with E-state index in [1.807, 2.05) is 43.3 Å². The fourth-order valence-corrected chi connectivity index (χ4v) is 2.19. The molecular weight excluding hydrogens is 258 g/mol. The van der Waals surface area contributed by atoms with E-state index in [2.05, 4.69) is 19.2 Å². The van der Waals surface area contributed by atoms with Crippen LogP contribution in [0, 0.1) is 5.92 Å². The van der Waals surface area contributed by atoms with E-state index in [0.29, 0.717) is 11.6 Å². The summed E-state index contributed by atoms with van der Waals surface area (Å²) in [6.07, 6.45) is 4.91. The molecule has 1 aromatic rings. The molecule has 0 aliphatic rings. The Kier molecular flexibility index (Phi) is 6.65. The highest BCUT2D eigenvalue weighted by Gasteiger charge is 2.23. The van der Waals surface area contributed by atoms with Crippen LogP contribution < -0.4 is 5.32 Å². The average molecular weight is 280 g/mol. The highest BCUT2D eigenvalue weighted by atomic mass is 35.5. The van der Waals surface area contributed by atoms with Crippen LogP contribution in [0.15, 0.2) is 36.4 Å². The zero-order valence-corrected chi connectivity index (χ0v) is 12.6. The monoisotopic (exact) mass is 279 g/mol. The molecule has 19 heavy (non-hydrogen) atoms. The summed E-state index contributed by atoms with van der Waals surface area (Å²) >= 11 is 5.89. The van der Waals surface area contributed by atoms with E-state index in [0.717, 1.165) is 12.0 Å². The van der Waals surface area contributed by atoms with Crippen LogP contribution in [0.2, 0.25) is 5.02 Å². The number of amides is 1. The van der Waals surface area contributed by atoms with Gasteiger partial charge >= 0.3 is 0 Å². The molecule has 0 aliphatic carbocycles. The number of rotatable bonds is 6. The Hall–Kier alpha value is -1.28. The lowest BCUT2D eigenvalue weighted by atomic mass is 9.87. The summed E-state index contributed by atoms with van der Waals surface area (Å²) in [5.41, 5.74) is 1.02. The van der Waals surface area contributed by atoms with Gasteiger partial charge in [-0.1, -0.05) is 49.7 Å². The zero-order chi connectivity index (χ0) is 14.3. The highest BCUT2D eigenvalue weighted by molar-refractivity contribution is 6.30. The van der Waals surface area contributed by atoms with Crippen LogP contribution in [0.4, 0.5) is 0 Å². The van der Waals surface area contributed by atoms with Gasteiger partial charge in [-0.15, -0.1) is 0 Å². The first-order valence-electron chi connectivity index (χ1n) is 6.70. The van der Waals surface area contributed by atoms with Crippen LogP contribution in [-0.2, 0) is 4.79 Å². The fraction of sp³-hybridized carbons (Fsp3) is 0.438. The first-order chi connectivity index (χ1) is 9.06. The van der Waals surface area contributed by atoms with Gasteiger partial charge in [-0.05, 0) is 37.0 Å². The fourth-order valence-electron chi connectivity index (χ4n) is 2.06. The lowest BCUT2D eigenvalue weighted by Crippen LogP contribution is -2.32. The standard InChI is InChI=1S/C16H22ClNO/c1-4-5-6-11-18-16(19)15(12(2)3)13-7-9-14(17)10-8-13/h4-5,7-10,12,15H,6,11H2,1-3H3,(H,18,19)/b5-4+. The van der Waals surface area contributed by atoms with Gasteiger partial charge in [0.1, 0.15) is 0 Å². The molecule has 1 unspecified atom stereocenters. The predicted molar refractivity (Wildman–Crippen MR) is 81.5 cm³/mol. The summed E-state index contributed by atoms with van der Waals surface area (Å²) in [4.78, 5) is 12.3. The second-order valence-corrected chi connectivity index (χ2v) is 5.36. The van der Waals surface area contributed by atoms with Crippen LogP contribution >= 0.6 is 11.6 Å². The molecule has 104 valence electrons. The van der Waals surface area contributed by atoms with Gasteiger partial charge in [0.05, 0.1) is 5.92 Å². The van der Waals surface area contributed by atoms with Gasteiger partial charge in [0.15, 0.2) is 0 Å². The molecule has 0 saturated carbocycles. The van der Waals surface area contributed by atoms with Gasteiger partial charge in [-0.25, -0.2) is 0 Å². The maximum Gasteiger partial charge on any atom is 0.227 e. The summed E-state index contributed by atoms with van der Waals surface area (Å²) in [6, 6.07) is 7.52. The molecule has 0 saturated heterocycles. The number of carbonyl (C=O) groups excluding carboxylic acids is 1. The van der Waals surface area contributed by atoms with Crippen molar-refractivity contribution < 1.29 is 4.79 Å². The SMILES string of the molecule is C/C=C/CCNC(=O)C(c1ccc(Cl)cc1)C(C)C. The Morgan fingerprint density at radius 1 is 1.32 bits per heavy atom. The quantitative estimate of drug-likeness (QED) is 0.615. The summed E-state index contributed by atoms with van der Waals surface area (Å²) < 4.78 is 0. The van der Waals surface area contributed by atoms with Gasteiger partial charge in [0, 0.05) is 11.6 Å². The molecule has 1 N–H and O–H groups in total. The zero-order valence-electron chi connectivity index (χ0n) is 11.8. The van der Waals surface area contributed by atoms with Crippen molar-refractivity contribution in [1.82, 2.24) is 5.32 Å². The molecule has 1 atom stereocenters. The summed E-state index contributed by atoms with van der Waals surface area (Å²) in [5.74, 6) is 0.215. The van der Waals surface area contributed by atoms with E-state index in [-0.39, 0.29) is 17.7 Å². The van der Waals surface area contributed by atoms with E-state index in [4.69, 9.17) is 11.6 Å².